The van der Waals surface area contributed by atoms with Crippen molar-refractivity contribution in [1.29, 1.82) is 0 Å². The molecule has 3 nitrogen and oxygen atoms in total. The first-order valence-electron chi connectivity index (χ1n) is 6.39. The summed E-state index contributed by atoms with van der Waals surface area (Å²) < 4.78 is 1.04. The second-order valence-electron chi connectivity index (χ2n) is 4.74. The van der Waals surface area contributed by atoms with E-state index in [0.717, 1.165) is 15.6 Å². The molecule has 2 aromatic carbocycles. The number of hydrogen-bond donors (Lipinski definition) is 1. The standard InChI is InChI=1S/C16H13BrN2O/c1-10(11-6-8-12(17)9-7-11)15-18-14-5-3-2-4-13(14)16(20)19-15/h2-10H,1H3,(H,18,19,20). The molecule has 0 radical (unpaired) electrons. The van der Waals surface area contributed by atoms with Crippen molar-refractivity contribution < 1.29 is 0 Å². The predicted octanol–water partition coefficient (Wildman–Crippen LogP) is 3.84. The lowest BCUT2D eigenvalue weighted by atomic mass is 10.0. The fraction of sp³-hybridized carbons (Fsp3) is 0.125. The van der Waals surface area contributed by atoms with E-state index in [-0.39, 0.29) is 11.5 Å². The van der Waals surface area contributed by atoms with Crippen LogP contribution < -0.4 is 5.56 Å². The molecule has 0 aliphatic heterocycles. The van der Waals surface area contributed by atoms with Crippen molar-refractivity contribution >= 4 is 26.8 Å². The molecule has 1 N–H and O–H groups in total. The third-order valence-corrected chi connectivity index (χ3v) is 3.94. The number of fused-ring (bicyclic) bond motifs is 1. The molecule has 1 heterocycles. The van der Waals surface area contributed by atoms with Crippen LogP contribution in [0.15, 0.2) is 57.8 Å². The van der Waals surface area contributed by atoms with Gasteiger partial charge in [0, 0.05) is 10.4 Å². The van der Waals surface area contributed by atoms with E-state index in [1.165, 1.54) is 0 Å². The smallest absolute Gasteiger partial charge is 0.258 e. The molecule has 0 aliphatic carbocycles. The van der Waals surface area contributed by atoms with Crippen LogP contribution >= 0.6 is 15.9 Å². The Morgan fingerprint density at radius 2 is 1.80 bits per heavy atom. The maximum absolute atomic E-state index is 12.1. The van der Waals surface area contributed by atoms with Gasteiger partial charge in [-0.2, -0.15) is 0 Å². The zero-order chi connectivity index (χ0) is 14.1. The van der Waals surface area contributed by atoms with Crippen molar-refractivity contribution in [1.82, 2.24) is 9.97 Å². The van der Waals surface area contributed by atoms with Crippen LogP contribution in [-0.4, -0.2) is 9.97 Å². The molecule has 100 valence electrons. The maximum atomic E-state index is 12.1. The maximum Gasteiger partial charge on any atom is 0.258 e. The molecule has 1 atom stereocenters. The van der Waals surface area contributed by atoms with Crippen molar-refractivity contribution in [3.8, 4) is 0 Å². The number of rotatable bonds is 2. The molecule has 4 heteroatoms. The average Bonchev–Trinajstić information content (AvgIpc) is 2.47. The molecular formula is C16H13BrN2O. The summed E-state index contributed by atoms with van der Waals surface area (Å²) in [7, 11) is 0. The minimum Gasteiger partial charge on any atom is -0.309 e. The summed E-state index contributed by atoms with van der Waals surface area (Å²) >= 11 is 3.42. The van der Waals surface area contributed by atoms with Gasteiger partial charge >= 0.3 is 0 Å². The van der Waals surface area contributed by atoms with Crippen molar-refractivity contribution in [3.63, 3.8) is 0 Å². The fourth-order valence-electron chi connectivity index (χ4n) is 2.22. The second-order valence-corrected chi connectivity index (χ2v) is 5.66. The van der Waals surface area contributed by atoms with E-state index in [1.807, 2.05) is 49.4 Å². The van der Waals surface area contributed by atoms with Gasteiger partial charge in [0.15, 0.2) is 0 Å². The van der Waals surface area contributed by atoms with E-state index in [2.05, 4.69) is 25.9 Å². The van der Waals surface area contributed by atoms with Crippen LogP contribution in [0.2, 0.25) is 0 Å². The van der Waals surface area contributed by atoms with Gasteiger partial charge in [-0.05, 0) is 29.8 Å². The highest BCUT2D eigenvalue weighted by molar-refractivity contribution is 9.10. The van der Waals surface area contributed by atoms with E-state index >= 15 is 0 Å². The van der Waals surface area contributed by atoms with Gasteiger partial charge < -0.3 is 4.98 Å². The number of benzene rings is 2. The first-order chi connectivity index (χ1) is 9.65. The molecule has 3 aromatic rings. The molecule has 0 amide bonds. The Morgan fingerprint density at radius 3 is 2.55 bits per heavy atom. The minimum atomic E-state index is -0.0884. The van der Waals surface area contributed by atoms with Crippen molar-refractivity contribution in [2.24, 2.45) is 0 Å². The van der Waals surface area contributed by atoms with E-state index < -0.39 is 0 Å². The van der Waals surface area contributed by atoms with Gasteiger partial charge in [0.1, 0.15) is 5.82 Å². The van der Waals surface area contributed by atoms with Gasteiger partial charge in [-0.1, -0.05) is 47.1 Å². The number of halogens is 1. The quantitative estimate of drug-likeness (QED) is 0.776. The number of para-hydroxylation sites is 1. The highest BCUT2D eigenvalue weighted by atomic mass is 79.9. The molecular weight excluding hydrogens is 316 g/mol. The highest BCUT2D eigenvalue weighted by Gasteiger charge is 2.12. The van der Waals surface area contributed by atoms with Gasteiger partial charge in [0.05, 0.1) is 10.9 Å². The van der Waals surface area contributed by atoms with E-state index in [4.69, 9.17) is 0 Å². The third-order valence-electron chi connectivity index (χ3n) is 3.41. The molecule has 3 rings (SSSR count). The zero-order valence-corrected chi connectivity index (χ0v) is 12.5. The zero-order valence-electron chi connectivity index (χ0n) is 10.9. The van der Waals surface area contributed by atoms with Crippen LogP contribution in [0, 0.1) is 0 Å². The minimum absolute atomic E-state index is 0.0420. The Morgan fingerprint density at radius 1 is 1.10 bits per heavy atom. The van der Waals surface area contributed by atoms with Crippen molar-refractivity contribution in [2.45, 2.75) is 12.8 Å². The average molecular weight is 329 g/mol. The molecule has 1 aromatic heterocycles. The number of hydrogen-bond acceptors (Lipinski definition) is 2. The monoisotopic (exact) mass is 328 g/mol. The van der Waals surface area contributed by atoms with Crippen LogP contribution in [0.5, 0.6) is 0 Å². The SMILES string of the molecule is CC(c1ccc(Br)cc1)c1nc2ccccc2c(=O)[nH]1. The first kappa shape index (κ1) is 13.1. The number of H-pyrrole nitrogens is 1. The van der Waals surface area contributed by atoms with Gasteiger partial charge in [0.25, 0.3) is 5.56 Å². The van der Waals surface area contributed by atoms with Gasteiger partial charge in [-0.3, -0.25) is 4.79 Å². The molecule has 20 heavy (non-hydrogen) atoms. The number of nitrogens with zero attached hydrogens (tertiary/aromatic N) is 1. The molecule has 0 saturated carbocycles. The normalized spacial score (nSPS) is 12.5. The molecule has 0 bridgehead atoms. The Bertz CT molecular complexity index is 809. The van der Waals surface area contributed by atoms with Crippen molar-refractivity contribution in [2.75, 3.05) is 0 Å². The van der Waals surface area contributed by atoms with E-state index in [0.29, 0.717) is 11.2 Å². The number of nitrogens with one attached hydrogen (secondary N) is 1. The van der Waals surface area contributed by atoms with E-state index in [1.54, 1.807) is 6.07 Å². The van der Waals surface area contributed by atoms with Crippen LogP contribution in [0.3, 0.4) is 0 Å². The molecule has 1 unspecified atom stereocenters. The summed E-state index contributed by atoms with van der Waals surface area (Å²) in [6.07, 6.45) is 0. The lowest BCUT2D eigenvalue weighted by Crippen LogP contribution is -2.14. The van der Waals surface area contributed by atoms with Gasteiger partial charge in [0.2, 0.25) is 0 Å². The lowest BCUT2D eigenvalue weighted by molar-refractivity contribution is 0.818. The summed E-state index contributed by atoms with van der Waals surface area (Å²) in [5.74, 6) is 0.733. The van der Waals surface area contributed by atoms with E-state index in [9.17, 15) is 4.79 Å². The third kappa shape index (κ3) is 2.39. The molecule has 0 aliphatic rings. The fourth-order valence-corrected chi connectivity index (χ4v) is 2.48. The Balaban J connectivity index is 2.10. The van der Waals surface area contributed by atoms with Crippen LogP contribution in [0.25, 0.3) is 10.9 Å². The van der Waals surface area contributed by atoms with Gasteiger partial charge in [-0.15, -0.1) is 0 Å². The molecule has 0 spiro atoms. The van der Waals surface area contributed by atoms with Crippen LogP contribution in [0.4, 0.5) is 0 Å². The van der Waals surface area contributed by atoms with Crippen LogP contribution in [0.1, 0.15) is 24.2 Å². The number of aromatic nitrogens is 2. The van der Waals surface area contributed by atoms with Gasteiger partial charge in [-0.25, -0.2) is 4.98 Å². The lowest BCUT2D eigenvalue weighted by Gasteiger charge is -2.12. The second kappa shape index (κ2) is 5.21. The highest BCUT2D eigenvalue weighted by Crippen LogP contribution is 2.23. The van der Waals surface area contributed by atoms with Crippen molar-refractivity contribution in [3.05, 3.63) is 74.7 Å². The summed E-state index contributed by atoms with van der Waals surface area (Å²) in [5, 5.41) is 0.624. The van der Waals surface area contributed by atoms with Crippen LogP contribution in [-0.2, 0) is 0 Å². The Hall–Kier alpha value is -1.94. The predicted molar refractivity (Wildman–Crippen MR) is 84.0 cm³/mol. The first-order valence-corrected chi connectivity index (χ1v) is 7.19. The summed E-state index contributed by atoms with van der Waals surface area (Å²) in [6.45, 7) is 2.04. The summed E-state index contributed by atoms with van der Waals surface area (Å²) in [6, 6.07) is 15.4. The summed E-state index contributed by atoms with van der Waals surface area (Å²) in [4.78, 5) is 19.5. The largest absolute Gasteiger partial charge is 0.309 e. The molecule has 0 saturated heterocycles. The molecule has 0 fully saturated rings. The topological polar surface area (TPSA) is 45.8 Å². The Labute approximate surface area is 124 Å². The Kier molecular flexibility index (Phi) is 3.40. The number of aromatic amines is 1. The summed E-state index contributed by atoms with van der Waals surface area (Å²) in [5.41, 5.74) is 1.76.